The topological polar surface area (TPSA) is 61.0 Å². The van der Waals surface area contributed by atoms with E-state index in [0.717, 1.165) is 10.6 Å². The average Bonchev–Trinajstić information content (AvgIpc) is 2.78. The molecule has 0 aliphatic heterocycles. The standard InChI is InChI=1S/C10H10BrN3OS/c1-15-5-6-8(11)9(12)14-10(13-6)7-3-2-4-16-7/h2-4H,5H2,1H3,(H2,12,13,14). The van der Waals surface area contributed by atoms with Crippen molar-refractivity contribution < 1.29 is 4.74 Å². The summed E-state index contributed by atoms with van der Waals surface area (Å²) >= 11 is 4.93. The lowest BCUT2D eigenvalue weighted by atomic mass is 10.3. The minimum atomic E-state index is 0.408. The Morgan fingerprint density at radius 2 is 2.31 bits per heavy atom. The zero-order chi connectivity index (χ0) is 11.5. The molecule has 2 heterocycles. The number of nitrogen functional groups attached to an aromatic ring is 1. The predicted molar refractivity (Wildman–Crippen MR) is 68.2 cm³/mol. The Morgan fingerprint density at radius 1 is 1.50 bits per heavy atom. The van der Waals surface area contributed by atoms with Crippen molar-refractivity contribution >= 4 is 33.1 Å². The van der Waals surface area contributed by atoms with E-state index in [1.54, 1.807) is 18.4 Å². The fourth-order valence-corrected chi connectivity index (χ4v) is 2.21. The van der Waals surface area contributed by atoms with Gasteiger partial charge in [0.15, 0.2) is 5.82 Å². The maximum atomic E-state index is 5.81. The molecular weight excluding hydrogens is 290 g/mol. The summed E-state index contributed by atoms with van der Waals surface area (Å²) in [4.78, 5) is 9.64. The summed E-state index contributed by atoms with van der Waals surface area (Å²) in [7, 11) is 1.62. The van der Waals surface area contributed by atoms with Gasteiger partial charge in [-0.3, -0.25) is 0 Å². The predicted octanol–water partition coefficient (Wildman–Crippen LogP) is 2.70. The van der Waals surface area contributed by atoms with Crippen LogP contribution in [0.4, 0.5) is 5.82 Å². The van der Waals surface area contributed by atoms with Crippen LogP contribution < -0.4 is 5.73 Å². The third kappa shape index (κ3) is 2.23. The molecular formula is C10H10BrN3OS. The molecule has 0 atom stereocenters. The first kappa shape index (κ1) is 11.5. The van der Waals surface area contributed by atoms with Gasteiger partial charge in [0.2, 0.25) is 0 Å². The van der Waals surface area contributed by atoms with Crippen molar-refractivity contribution in [2.24, 2.45) is 0 Å². The first-order chi connectivity index (χ1) is 7.72. The summed E-state index contributed by atoms with van der Waals surface area (Å²) < 4.78 is 5.77. The minimum Gasteiger partial charge on any atom is -0.383 e. The largest absolute Gasteiger partial charge is 0.383 e. The van der Waals surface area contributed by atoms with E-state index in [-0.39, 0.29) is 0 Å². The lowest BCUT2D eigenvalue weighted by molar-refractivity contribution is 0.181. The Kier molecular flexibility index (Phi) is 3.52. The van der Waals surface area contributed by atoms with Crippen LogP contribution >= 0.6 is 27.3 Å². The molecule has 6 heteroatoms. The van der Waals surface area contributed by atoms with E-state index in [1.165, 1.54) is 0 Å². The zero-order valence-electron chi connectivity index (χ0n) is 8.61. The van der Waals surface area contributed by atoms with E-state index < -0.39 is 0 Å². The number of hydrogen-bond acceptors (Lipinski definition) is 5. The van der Waals surface area contributed by atoms with Gasteiger partial charge in [0, 0.05) is 7.11 Å². The van der Waals surface area contributed by atoms with Crippen molar-refractivity contribution in [3.63, 3.8) is 0 Å². The van der Waals surface area contributed by atoms with Crippen molar-refractivity contribution in [3.8, 4) is 10.7 Å². The van der Waals surface area contributed by atoms with Gasteiger partial charge in [0.05, 0.1) is 21.7 Å². The first-order valence-corrected chi connectivity index (χ1v) is 6.24. The van der Waals surface area contributed by atoms with Crippen LogP contribution in [0.2, 0.25) is 0 Å². The highest BCUT2D eigenvalue weighted by atomic mass is 79.9. The number of aromatic nitrogens is 2. The van der Waals surface area contributed by atoms with Crippen LogP contribution in [0.15, 0.2) is 22.0 Å². The Balaban J connectivity index is 2.48. The molecule has 4 nitrogen and oxygen atoms in total. The number of halogens is 1. The fourth-order valence-electron chi connectivity index (χ4n) is 1.26. The van der Waals surface area contributed by atoms with E-state index in [2.05, 4.69) is 25.9 Å². The van der Waals surface area contributed by atoms with Gasteiger partial charge in [0.1, 0.15) is 5.82 Å². The Labute approximate surface area is 106 Å². The second-order valence-electron chi connectivity index (χ2n) is 3.10. The summed E-state index contributed by atoms with van der Waals surface area (Å²) in [5.41, 5.74) is 6.57. The van der Waals surface area contributed by atoms with Crippen LogP contribution in [-0.4, -0.2) is 17.1 Å². The highest BCUT2D eigenvalue weighted by Gasteiger charge is 2.11. The molecule has 0 bridgehead atoms. The first-order valence-electron chi connectivity index (χ1n) is 4.57. The van der Waals surface area contributed by atoms with Gasteiger partial charge >= 0.3 is 0 Å². The smallest absolute Gasteiger partial charge is 0.172 e. The van der Waals surface area contributed by atoms with Crippen LogP contribution in [0.1, 0.15) is 5.69 Å². The number of methoxy groups -OCH3 is 1. The molecule has 0 amide bonds. The summed E-state index contributed by atoms with van der Waals surface area (Å²) in [6.07, 6.45) is 0. The summed E-state index contributed by atoms with van der Waals surface area (Å²) in [5, 5.41) is 1.98. The Bertz CT molecular complexity index is 487. The van der Waals surface area contributed by atoms with Gasteiger partial charge in [0.25, 0.3) is 0 Å². The van der Waals surface area contributed by atoms with E-state index in [0.29, 0.717) is 22.7 Å². The second-order valence-corrected chi connectivity index (χ2v) is 4.84. The van der Waals surface area contributed by atoms with Gasteiger partial charge in [-0.15, -0.1) is 11.3 Å². The maximum Gasteiger partial charge on any atom is 0.172 e. The molecule has 0 aliphatic rings. The molecule has 84 valence electrons. The van der Waals surface area contributed by atoms with Gasteiger partial charge in [-0.05, 0) is 27.4 Å². The zero-order valence-corrected chi connectivity index (χ0v) is 11.0. The monoisotopic (exact) mass is 299 g/mol. The number of anilines is 1. The van der Waals surface area contributed by atoms with Gasteiger partial charge in [-0.1, -0.05) is 6.07 Å². The van der Waals surface area contributed by atoms with Crippen molar-refractivity contribution in [2.75, 3.05) is 12.8 Å². The van der Waals surface area contributed by atoms with Gasteiger partial charge in [-0.25, -0.2) is 9.97 Å². The van der Waals surface area contributed by atoms with Crippen molar-refractivity contribution in [1.29, 1.82) is 0 Å². The van der Waals surface area contributed by atoms with Crippen molar-refractivity contribution in [1.82, 2.24) is 9.97 Å². The second kappa shape index (κ2) is 4.90. The number of ether oxygens (including phenoxy) is 1. The van der Waals surface area contributed by atoms with E-state index in [1.807, 2.05) is 17.5 Å². The van der Waals surface area contributed by atoms with E-state index in [4.69, 9.17) is 10.5 Å². The fraction of sp³-hybridized carbons (Fsp3) is 0.200. The minimum absolute atomic E-state index is 0.408. The van der Waals surface area contributed by atoms with Crippen LogP contribution in [0.25, 0.3) is 10.7 Å². The lowest BCUT2D eigenvalue weighted by Crippen LogP contribution is -2.03. The van der Waals surface area contributed by atoms with Crippen LogP contribution in [0.3, 0.4) is 0 Å². The van der Waals surface area contributed by atoms with Gasteiger partial charge in [-0.2, -0.15) is 0 Å². The summed E-state index contributed by atoms with van der Waals surface area (Å²) in [6.45, 7) is 0.408. The highest BCUT2D eigenvalue weighted by Crippen LogP contribution is 2.27. The Hall–Kier alpha value is -0.980. The molecule has 2 aromatic rings. The number of rotatable bonds is 3. The number of nitrogens with zero attached hydrogens (tertiary/aromatic N) is 2. The third-order valence-electron chi connectivity index (χ3n) is 1.97. The lowest BCUT2D eigenvalue weighted by Gasteiger charge is -2.06. The van der Waals surface area contributed by atoms with E-state index >= 15 is 0 Å². The quantitative estimate of drug-likeness (QED) is 0.946. The average molecular weight is 300 g/mol. The van der Waals surface area contributed by atoms with Gasteiger partial charge < -0.3 is 10.5 Å². The highest BCUT2D eigenvalue weighted by molar-refractivity contribution is 9.10. The number of thiophene rings is 1. The number of hydrogen-bond donors (Lipinski definition) is 1. The molecule has 0 fully saturated rings. The van der Waals surface area contributed by atoms with Crippen LogP contribution in [-0.2, 0) is 11.3 Å². The van der Waals surface area contributed by atoms with Crippen molar-refractivity contribution in [2.45, 2.75) is 6.61 Å². The molecule has 2 rings (SSSR count). The van der Waals surface area contributed by atoms with Crippen molar-refractivity contribution in [3.05, 3.63) is 27.7 Å². The molecule has 2 N–H and O–H groups in total. The maximum absolute atomic E-state index is 5.81. The normalized spacial score (nSPS) is 10.6. The van der Waals surface area contributed by atoms with Crippen LogP contribution in [0, 0.1) is 0 Å². The molecule has 0 aromatic carbocycles. The number of nitrogens with two attached hydrogens (primary N) is 1. The molecule has 16 heavy (non-hydrogen) atoms. The summed E-state index contributed by atoms with van der Waals surface area (Å²) in [6, 6.07) is 3.92. The Morgan fingerprint density at radius 3 is 2.94 bits per heavy atom. The molecule has 0 saturated carbocycles. The molecule has 0 aliphatic carbocycles. The molecule has 0 saturated heterocycles. The molecule has 2 aromatic heterocycles. The van der Waals surface area contributed by atoms with Crippen LogP contribution in [0.5, 0.6) is 0 Å². The summed E-state index contributed by atoms with van der Waals surface area (Å²) in [5.74, 6) is 1.08. The molecule has 0 unspecified atom stereocenters. The molecule has 0 radical (unpaired) electrons. The van der Waals surface area contributed by atoms with E-state index in [9.17, 15) is 0 Å². The SMILES string of the molecule is COCc1nc(-c2cccs2)nc(N)c1Br. The third-order valence-corrected chi connectivity index (χ3v) is 3.70. The molecule has 0 spiro atoms.